The minimum atomic E-state index is -0.404. The van der Waals surface area contributed by atoms with E-state index in [1.54, 1.807) is 12.1 Å². The monoisotopic (exact) mass is 281 g/mol. The van der Waals surface area contributed by atoms with E-state index < -0.39 is 5.82 Å². The maximum Gasteiger partial charge on any atom is 0.223 e. The van der Waals surface area contributed by atoms with Crippen LogP contribution >= 0.6 is 12.2 Å². The lowest BCUT2D eigenvalue weighted by Gasteiger charge is -2.09. The maximum atomic E-state index is 13.7. The number of rotatable bonds is 6. The van der Waals surface area contributed by atoms with Crippen molar-refractivity contribution in [2.24, 2.45) is 11.7 Å². The lowest BCUT2D eigenvalue weighted by molar-refractivity contribution is -0.122. The fraction of sp³-hybridized carbons (Fsp3) is 0.385. The number of amides is 1. The number of benzene rings is 1. The van der Waals surface area contributed by atoms with E-state index >= 15 is 0 Å². The largest absolute Gasteiger partial charge is 0.389 e. The van der Waals surface area contributed by atoms with Crippen LogP contribution in [0.1, 0.15) is 18.4 Å². The Balaban J connectivity index is 1.79. The maximum absolute atomic E-state index is 13.7. The summed E-state index contributed by atoms with van der Waals surface area (Å²) >= 11 is 4.77. The van der Waals surface area contributed by atoms with Crippen molar-refractivity contribution in [3.8, 4) is 0 Å². The summed E-state index contributed by atoms with van der Waals surface area (Å²) in [5, 5.41) is 5.72. The van der Waals surface area contributed by atoms with Crippen molar-refractivity contribution in [3.63, 3.8) is 0 Å². The van der Waals surface area contributed by atoms with Crippen molar-refractivity contribution in [2.75, 3.05) is 18.4 Å². The first-order valence-corrected chi connectivity index (χ1v) is 6.59. The van der Waals surface area contributed by atoms with Crippen LogP contribution in [0.2, 0.25) is 0 Å². The Kier molecular flexibility index (Phi) is 4.31. The van der Waals surface area contributed by atoms with E-state index in [0.29, 0.717) is 24.3 Å². The molecule has 0 bridgehead atoms. The normalized spacial score (nSPS) is 13.9. The summed E-state index contributed by atoms with van der Waals surface area (Å²) in [5.41, 5.74) is 6.29. The molecule has 0 unspecified atom stereocenters. The number of nitrogens with two attached hydrogens (primary N) is 1. The van der Waals surface area contributed by atoms with Crippen molar-refractivity contribution in [2.45, 2.75) is 12.8 Å². The first kappa shape index (κ1) is 13.7. The second kappa shape index (κ2) is 5.97. The van der Waals surface area contributed by atoms with Gasteiger partial charge < -0.3 is 16.4 Å². The highest BCUT2D eigenvalue weighted by Gasteiger charge is 2.28. The third kappa shape index (κ3) is 3.89. The topological polar surface area (TPSA) is 67.2 Å². The van der Waals surface area contributed by atoms with Crippen molar-refractivity contribution < 1.29 is 9.18 Å². The quantitative estimate of drug-likeness (QED) is 0.544. The second-order valence-corrected chi connectivity index (χ2v) is 4.99. The lowest BCUT2D eigenvalue weighted by atomic mass is 10.2. The van der Waals surface area contributed by atoms with Gasteiger partial charge in [-0.15, -0.1) is 0 Å². The number of hydrogen-bond donors (Lipinski definition) is 3. The smallest absolute Gasteiger partial charge is 0.223 e. The molecule has 19 heavy (non-hydrogen) atoms. The van der Waals surface area contributed by atoms with Crippen LogP contribution < -0.4 is 16.4 Å². The van der Waals surface area contributed by atoms with Crippen LogP contribution in [0.15, 0.2) is 18.2 Å². The van der Waals surface area contributed by atoms with Gasteiger partial charge in [-0.3, -0.25) is 4.79 Å². The molecule has 0 radical (unpaired) electrons. The molecular weight excluding hydrogens is 265 g/mol. The Labute approximate surface area is 116 Å². The first-order valence-electron chi connectivity index (χ1n) is 6.19. The number of hydrogen-bond acceptors (Lipinski definition) is 3. The third-order valence-corrected chi connectivity index (χ3v) is 3.18. The van der Waals surface area contributed by atoms with Crippen molar-refractivity contribution in [1.82, 2.24) is 5.32 Å². The molecule has 0 spiro atoms. The van der Waals surface area contributed by atoms with Crippen LogP contribution in [0.25, 0.3) is 0 Å². The average molecular weight is 281 g/mol. The number of carbonyl (C=O) groups is 1. The molecule has 102 valence electrons. The van der Waals surface area contributed by atoms with Gasteiger partial charge in [0.05, 0.1) is 5.69 Å². The van der Waals surface area contributed by atoms with Crippen LogP contribution in [0, 0.1) is 11.7 Å². The van der Waals surface area contributed by atoms with Gasteiger partial charge in [0.1, 0.15) is 10.8 Å². The molecule has 6 heteroatoms. The molecule has 1 amide bonds. The zero-order valence-electron chi connectivity index (χ0n) is 10.4. The minimum absolute atomic E-state index is 0.0890. The molecule has 0 aliphatic heterocycles. The Bertz CT molecular complexity index is 503. The summed E-state index contributed by atoms with van der Waals surface area (Å²) in [6.07, 6.45) is 1.96. The van der Waals surface area contributed by atoms with E-state index in [9.17, 15) is 9.18 Å². The van der Waals surface area contributed by atoms with Gasteiger partial charge in [0.2, 0.25) is 5.91 Å². The van der Waals surface area contributed by atoms with Gasteiger partial charge in [0.15, 0.2) is 0 Å². The average Bonchev–Trinajstić information content (AvgIpc) is 3.19. The summed E-state index contributed by atoms with van der Waals surface area (Å²) in [7, 11) is 0. The van der Waals surface area contributed by atoms with Crippen LogP contribution in [-0.4, -0.2) is 24.0 Å². The third-order valence-electron chi connectivity index (χ3n) is 2.94. The highest BCUT2D eigenvalue weighted by atomic mass is 32.1. The molecule has 1 fully saturated rings. The van der Waals surface area contributed by atoms with E-state index in [-0.39, 0.29) is 16.8 Å². The highest BCUT2D eigenvalue weighted by Crippen LogP contribution is 2.28. The predicted octanol–water partition coefficient (Wildman–Crippen LogP) is 1.40. The molecule has 4 nitrogen and oxygen atoms in total. The number of nitrogens with one attached hydrogen (secondary N) is 2. The SMILES string of the molecule is NC(=S)c1ccc(NCCNC(=O)C2CC2)c(F)c1. The molecule has 1 saturated carbocycles. The minimum Gasteiger partial charge on any atom is -0.389 e. The zero-order valence-corrected chi connectivity index (χ0v) is 11.2. The fourth-order valence-corrected chi connectivity index (χ4v) is 1.81. The molecule has 0 atom stereocenters. The Morgan fingerprint density at radius 3 is 2.74 bits per heavy atom. The van der Waals surface area contributed by atoms with Crippen molar-refractivity contribution >= 4 is 28.8 Å². The van der Waals surface area contributed by atoms with Crippen LogP contribution in [0.5, 0.6) is 0 Å². The molecule has 1 aliphatic carbocycles. The summed E-state index contributed by atoms with van der Waals surface area (Å²) in [6, 6.07) is 4.55. The molecule has 1 aliphatic rings. The highest BCUT2D eigenvalue weighted by molar-refractivity contribution is 7.80. The van der Waals surface area contributed by atoms with E-state index in [4.69, 9.17) is 18.0 Å². The summed E-state index contributed by atoms with van der Waals surface area (Å²) in [5.74, 6) is -0.119. The molecule has 1 aromatic rings. The number of halogens is 1. The van der Waals surface area contributed by atoms with Gasteiger partial charge in [-0.2, -0.15) is 0 Å². The zero-order chi connectivity index (χ0) is 13.8. The van der Waals surface area contributed by atoms with Crippen LogP contribution in [0.4, 0.5) is 10.1 Å². The molecule has 1 aromatic carbocycles. The Morgan fingerprint density at radius 2 is 2.16 bits per heavy atom. The van der Waals surface area contributed by atoms with Gasteiger partial charge in [-0.1, -0.05) is 12.2 Å². The molecule has 0 saturated heterocycles. The van der Waals surface area contributed by atoms with E-state index in [0.717, 1.165) is 12.8 Å². The summed E-state index contributed by atoms with van der Waals surface area (Å²) < 4.78 is 13.7. The van der Waals surface area contributed by atoms with E-state index in [2.05, 4.69) is 10.6 Å². The van der Waals surface area contributed by atoms with Gasteiger partial charge >= 0.3 is 0 Å². The van der Waals surface area contributed by atoms with Gasteiger partial charge in [0.25, 0.3) is 0 Å². The Hall–Kier alpha value is -1.69. The predicted molar refractivity (Wildman–Crippen MR) is 76.5 cm³/mol. The lowest BCUT2D eigenvalue weighted by Crippen LogP contribution is -2.29. The number of carbonyl (C=O) groups excluding carboxylic acids is 1. The van der Waals surface area contributed by atoms with Crippen molar-refractivity contribution in [3.05, 3.63) is 29.6 Å². The van der Waals surface area contributed by atoms with Gasteiger partial charge in [0, 0.05) is 24.6 Å². The van der Waals surface area contributed by atoms with Crippen LogP contribution in [-0.2, 0) is 4.79 Å². The fourth-order valence-electron chi connectivity index (χ4n) is 1.68. The summed E-state index contributed by atoms with van der Waals surface area (Å²) in [6.45, 7) is 0.952. The second-order valence-electron chi connectivity index (χ2n) is 4.55. The molecule has 0 aromatic heterocycles. The van der Waals surface area contributed by atoms with Gasteiger partial charge in [-0.05, 0) is 31.0 Å². The van der Waals surface area contributed by atoms with Gasteiger partial charge in [-0.25, -0.2) is 4.39 Å². The molecule has 4 N–H and O–H groups in total. The van der Waals surface area contributed by atoms with Crippen molar-refractivity contribution in [1.29, 1.82) is 0 Å². The molecule has 2 rings (SSSR count). The number of anilines is 1. The standard InChI is InChI=1S/C13H16FN3OS/c14-10-7-9(12(15)19)3-4-11(10)16-5-6-17-13(18)8-1-2-8/h3-4,7-8,16H,1-2,5-6H2,(H2,15,19)(H,17,18). The number of thiocarbonyl (C=S) groups is 1. The van der Waals surface area contributed by atoms with E-state index in [1.807, 2.05) is 0 Å². The van der Waals surface area contributed by atoms with Crippen LogP contribution in [0.3, 0.4) is 0 Å². The Morgan fingerprint density at radius 1 is 1.42 bits per heavy atom. The molecule has 0 heterocycles. The molecular formula is C13H16FN3OS. The van der Waals surface area contributed by atoms with E-state index in [1.165, 1.54) is 6.07 Å². The first-order chi connectivity index (χ1) is 9.08. The summed E-state index contributed by atoms with van der Waals surface area (Å²) in [4.78, 5) is 11.5.